The fourth-order valence-corrected chi connectivity index (χ4v) is 3.76. The Morgan fingerprint density at radius 2 is 1.88 bits per heavy atom. The lowest BCUT2D eigenvalue weighted by Crippen LogP contribution is -2.53. The van der Waals surface area contributed by atoms with Crippen molar-refractivity contribution < 1.29 is 9.53 Å². The van der Waals surface area contributed by atoms with E-state index in [4.69, 9.17) is 4.74 Å². The lowest BCUT2D eigenvalue weighted by atomic mass is 9.91. The molecule has 0 unspecified atom stereocenters. The lowest BCUT2D eigenvalue weighted by Gasteiger charge is -2.42. The highest BCUT2D eigenvalue weighted by molar-refractivity contribution is 7.11. The maximum Gasteiger partial charge on any atom is 0.278 e. The van der Waals surface area contributed by atoms with Crippen molar-refractivity contribution in [2.45, 2.75) is 25.3 Å². The summed E-state index contributed by atoms with van der Waals surface area (Å²) < 4.78 is 5.63. The van der Waals surface area contributed by atoms with Crippen LogP contribution in [0, 0.1) is 0 Å². The van der Waals surface area contributed by atoms with E-state index in [1.54, 1.807) is 6.20 Å². The summed E-state index contributed by atoms with van der Waals surface area (Å²) >= 11 is 1.45. The van der Waals surface area contributed by atoms with Gasteiger partial charge >= 0.3 is 0 Å². The number of benzene rings is 1. The first-order valence-electron chi connectivity index (χ1n) is 8.50. The summed E-state index contributed by atoms with van der Waals surface area (Å²) in [7, 11) is 0. The van der Waals surface area contributed by atoms with Crippen LogP contribution in [0.3, 0.4) is 0 Å². The molecule has 0 bridgehead atoms. The number of hydrogen-bond acceptors (Lipinski definition) is 5. The van der Waals surface area contributed by atoms with E-state index in [1.807, 2.05) is 34.5 Å². The van der Waals surface area contributed by atoms with Crippen LogP contribution >= 0.6 is 11.3 Å². The molecule has 126 valence electrons. The number of hydrogen-bond donors (Lipinski definition) is 0. The predicted molar refractivity (Wildman–Crippen MR) is 93.7 cm³/mol. The molecule has 0 radical (unpaired) electrons. The Bertz CT molecular complexity index is 675. The second kappa shape index (κ2) is 6.91. The van der Waals surface area contributed by atoms with Gasteiger partial charge in [0.25, 0.3) is 11.1 Å². The van der Waals surface area contributed by atoms with Gasteiger partial charge in [-0.2, -0.15) is 0 Å². The Labute approximate surface area is 145 Å². The monoisotopic (exact) mass is 343 g/mol. The molecular formula is C18H21N3O2S. The van der Waals surface area contributed by atoms with Crippen LogP contribution in [0.25, 0.3) is 0 Å². The van der Waals surface area contributed by atoms with Gasteiger partial charge in [-0.15, -0.1) is 0 Å². The zero-order chi connectivity index (χ0) is 16.4. The van der Waals surface area contributed by atoms with Crippen molar-refractivity contribution in [2.75, 3.05) is 26.2 Å². The second-order valence-electron chi connectivity index (χ2n) is 6.34. The van der Waals surface area contributed by atoms with Gasteiger partial charge < -0.3 is 9.64 Å². The minimum absolute atomic E-state index is 0.115. The Hall–Kier alpha value is -1.92. The van der Waals surface area contributed by atoms with Gasteiger partial charge in [0.15, 0.2) is 0 Å². The summed E-state index contributed by atoms with van der Waals surface area (Å²) in [5.74, 6) is 0.820. The lowest BCUT2D eigenvalue weighted by molar-refractivity contribution is 0.0455. The molecule has 24 heavy (non-hydrogen) atoms. The number of ether oxygens (including phenoxy) is 1. The fraction of sp³-hybridized carbons (Fsp3) is 0.444. The van der Waals surface area contributed by atoms with Gasteiger partial charge in [-0.05, 0) is 37.1 Å². The number of nitrogens with zero attached hydrogens (tertiary/aromatic N) is 3. The Kier molecular flexibility index (Phi) is 4.49. The van der Waals surface area contributed by atoms with Crippen LogP contribution in [-0.2, 0) is 0 Å². The molecule has 1 aromatic heterocycles. The summed E-state index contributed by atoms with van der Waals surface area (Å²) in [5, 5.41) is 2.48. The van der Waals surface area contributed by atoms with E-state index in [0.29, 0.717) is 10.9 Å². The fourth-order valence-electron chi connectivity index (χ4n) is 3.25. The molecule has 1 saturated carbocycles. The largest absolute Gasteiger partial charge is 0.431 e. The highest BCUT2D eigenvalue weighted by atomic mass is 32.1. The van der Waals surface area contributed by atoms with Crippen molar-refractivity contribution in [1.82, 2.24) is 14.8 Å². The van der Waals surface area contributed by atoms with E-state index in [9.17, 15) is 4.79 Å². The van der Waals surface area contributed by atoms with Crippen LogP contribution in [0.15, 0.2) is 35.8 Å². The molecule has 1 aliphatic carbocycles. The highest BCUT2D eigenvalue weighted by Crippen LogP contribution is 2.26. The quantitative estimate of drug-likeness (QED) is 0.855. The molecule has 1 amide bonds. The van der Waals surface area contributed by atoms with Crippen LogP contribution in [0.5, 0.6) is 10.9 Å². The average Bonchev–Trinajstić information content (AvgIpc) is 3.07. The van der Waals surface area contributed by atoms with Crippen LogP contribution in [0.1, 0.15) is 29.6 Å². The molecule has 0 spiro atoms. The topological polar surface area (TPSA) is 45.7 Å². The van der Waals surface area contributed by atoms with Crippen LogP contribution < -0.4 is 4.74 Å². The van der Waals surface area contributed by atoms with Crippen molar-refractivity contribution in [2.24, 2.45) is 0 Å². The maximum absolute atomic E-state index is 12.6. The normalized spacial score (nSPS) is 19.1. The molecule has 0 atom stereocenters. The van der Waals surface area contributed by atoms with Crippen molar-refractivity contribution in [3.05, 3.63) is 41.4 Å². The summed E-state index contributed by atoms with van der Waals surface area (Å²) in [6.45, 7) is 3.66. The van der Waals surface area contributed by atoms with E-state index < -0.39 is 0 Å². The molecule has 6 heteroatoms. The van der Waals surface area contributed by atoms with Crippen molar-refractivity contribution in [3.8, 4) is 10.9 Å². The van der Waals surface area contributed by atoms with E-state index in [-0.39, 0.29) is 5.91 Å². The van der Waals surface area contributed by atoms with Crippen LogP contribution in [-0.4, -0.2) is 52.9 Å². The zero-order valence-corrected chi connectivity index (χ0v) is 14.4. The molecule has 2 fully saturated rings. The Balaban J connectivity index is 1.34. The molecule has 4 rings (SSSR count). The summed E-state index contributed by atoms with van der Waals surface area (Å²) in [5.41, 5.74) is 0.721. The average molecular weight is 343 g/mol. The summed E-state index contributed by atoms with van der Waals surface area (Å²) in [6, 6.07) is 8.11. The Morgan fingerprint density at radius 3 is 2.46 bits per heavy atom. The molecule has 1 aliphatic heterocycles. The highest BCUT2D eigenvalue weighted by Gasteiger charge is 2.29. The SMILES string of the molecule is O=C(c1ccc(Oc2nccs2)cc1)N1CCN(C2CCC2)CC1. The first kappa shape index (κ1) is 15.6. The Morgan fingerprint density at radius 1 is 1.12 bits per heavy atom. The standard InChI is InChI=1S/C18H21N3O2S/c22-17(21-11-9-20(10-12-21)15-2-1-3-15)14-4-6-16(7-5-14)23-18-19-8-13-24-18/h4-8,13,15H,1-3,9-12H2. The first-order chi connectivity index (χ1) is 11.8. The third-order valence-electron chi connectivity index (χ3n) is 4.91. The van der Waals surface area contributed by atoms with Crippen molar-refractivity contribution in [1.29, 1.82) is 0 Å². The number of thiazole rings is 1. The molecule has 2 aliphatic rings. The van der Waals surface area contributed by atoms with Crippen LogP contribution in [0.4, 0.5) is 0 Å². The smallest absolute Gasteiger partial charge is 0.278 e. The molecule has 5 nitrogen and oxygen atoms in total. The van der Waals surface area contributed by atoms with Crippen molar-refractivity contribution in [3.63, 3.8) is 0 Å². The van der Waals surface area contributed by atoms with Gasteiger partial charge in [-0.25, -0.2) is 4.98 Å². The second-order valence-corrected chi connectivity index (χ2v) is 7.19. The molecular weight excluding hydrogens is 322 g/mol. The molecule has 2 heterocycles. The van der Waals surface area contributed by atoms with E-state index >= 15 is 0 Å². The first-order valence-corrected chi connectivity index (χ1v) is 9.38. The van der Waals surface area contributed by atoms with Gasteiger partial charge in [0.05, 0.1) is 0 Å². The predicted octanol–water partition coefficient (Wildman–Crippen LogP) is 3.25. The van der Waals surface area contributed by atoms with Gasteiger partial charge in [0.2, 0.25) is 0 Å². The number of piperazine rings is 1. The number of carbonyl (C=O) groups excluding carboxylic acids is 1. The minimum Gasteiger partial charge on any atom is -0.431 e. The molecule has 1 saturated heterocycles. The maximum atomic E-state index is 12.6. The third-order valence-corrected chi connectivity index (χ3v) is 5.56. The third kappa shape index (κ3) is 3.30. The van der Waals surface area contributed by atoms with Gasteiger partial charge in [0.1, 0.15) is 5.75 Å². The number of amides is 1. The van der Waals surface area contributed by atoms with E-state index in [1.165, 1.54) is 30.6 Å². The molecule has 1 aromatic carbocycles. The number of aromatic nitrogens is 1. The minimum atomic E-state index is 0.115. The summed E-state index contributed by atoms with van der Waals surface area (Å²) in [4.78, 5) is 21.2. The number of rotatable bonds is 4. The molecule has 2 aromatic rings. The number of carbonyl (C=O) groups is 1. The van der Waals surface area contributed by atoms with E-state index in [0.717, 1.165) is 37.8 Å². The van der Waals surface area contributed by atoms with Crippen molar-refractivity contribution >= 4 is 17.2 Å². The van der Waals surface area contributed by atoms with Crippen LogP contribution in [0.2, 0.25) is 0 Å². The van der Waals surface area contributed by atoms with E-state index in [2.05, 4.69) is 9.88 Å². The molecule has 0 N–H and O–H groups in total. The zero-order valence-electron chi connectivity index (χ0n) is 13.6. The summed E-state index contributed by atoms with van der Waals surface area (Å²) in [6.07, 6.45) is 5.73. The van der Waals surface area contributed by atoms with Gasteiger partial charge in [-0.1, -0.05) is 17.8 Å². The van der Waals surface area contributed by atoms with Gasteiger partial charge in [-0.3, -0.25) is 9.69 Å². The van der Waals surface area contributed by atoms with Gasteiger partial charge in [0, 0.05) is 49.4 Å².